The zero-order valence-electron chi connectivity index (χ0n) is 33.8. The van der Waals surface area contributed by atoms with E-state index in [1.54, 1.807) is 12.3 Å². The molecule has 62 heavy (non-hydrogen) atoms. The summed E-state index contributed by atoms with van der Waals surface area (Å²) in [6.45, 7) is 4.31. The molecule has 2 aliphatic rings. The topological polar surface area (TPSA) is 86.7 Å². The molecule has 1 atom stereocenters. The first-order valence-electron chi connectivity index (χ1n) is 20.2. The Bertz CT molecular complexity index is 2660. The summed E-state index contributed by atoms with van der Waals surface area (Å²) in [6.07, 6.45) is 4.82. The van der Waals surface area contributed by atoms with Crippen molar-refractivity contribution in [3.05, 3.63) is 132 Å². The van der Waals surface area contributed by atoms with E-state index >= 15 is 0 Å². The molecule has 2 N–H and O–H groups in total. The molecule has 0 amide bonds. The molecular weight excluding hydrogens is 891 g/mol. The molecule has 0 bridgehead atoms. The van der Waals surface area contributed by atoms with Gasteiger partial charge in [-0.2, -0.15) is 13.2 Å². The quantitative estimate of drug-likeness (QED) is 0.0630. The van der Waals surface area contributed by atoms with Crippen LogP contribution in [0.5, 0.6) is 0 Å². The van der Waals surface area contributed by atoms with E-state index in [1.165, 1.54) is 17.8 Å². The van der Waals surface area contributed by atoms with Crippen LogP contribution in [0.4, 0.5) is 35.9 Å². The van der Waals surface area contributed by atoms with Crippen LogP contribution in [0.1, 0.15) is 18.5 Å². The minimum atomic E-state index is -5.61. The maximum Gasteiger partial charge on any atom is 0.501 e. The second-order valence-electron chi connectivity index (χ2n) is 15.0. The van der Waals surface area contributed by atoms with Crippen LogP contribution in [0.2, 0.25) is 5.02 Å². The minimum absolute atomic E-state index is 0.0939. The van der Waals surface area contributed by atoms with E-state index in [9.17, 15) is 25.8 Å². The van der Waals surface area contributed by atoms with Crippen molar-refractivity contribution in [2.75, 3.05) is 64.6 Å². The number of piperazine rings is 1. The molecule has 0 aliphatic carbocycles. The lowest BCUT2D eigenvalue weighted by atomic mass is 10.00. The molecule has 1 aromatic heterocycles. The van der Waals surface area contributed by atoms with Crippen molar-refractivity contribution in [3.63, 3.8) is 0 Å². The van der Waals surface area contributed by atoms with Crippen molar-refractivity contribution in [2.45, 2.75) is 50.9 Å². The third-order valence-corrected chi connectivity index (χ3v) is 15.7. The van der Waals surface area contributed by atoms with Crippen LogP contribution in [0, 0.1) is 0 Å². The zero-order chi connectivity index (χ0) is 43.4. The van der Waals surface area contributed by atoms with Crippen molar-refractivity contribution in [2.24, 2.45) is 0 Å². The molecule has 16 heteroatoms. The van der Waals surface area contributed by atoms with Gasteiger partial charge in [-0.15, -0.1) is 11.8 Å². The fourth-order valence-electron chi connectivity index (χ4n) is 8.06. The first kappa shape index (κ1) is 44.1. The van der Waals surface area contributed by atoms with Gasteiger partial charge in [0.15, 0.2) is 0 Å². The van der Waals surface area contributed by atoms with Crippen molar-refractivity contribution < 1.29 is 25.8 Å². The van der Waals surface area contributed by atoms with Gasteiger partial charge < -0.3 is 24.4 Å². The first-order valence-corrected chi connectivity index (χ1v) is 25.4. The van der Waals surface area contributed by atoms with E-state index in [-0.39, 0.29) is 12.2 Å². The lowest BCUT2D eigenvalue weighted by Gasteiger charge is -2.37. The standard InChI is InChI=1S/C46H45ClF3N5O3S4/c1-61(56)45-41-12-5-6-24-55(41)44(32-13-15-34(47)16-14-32)43(45)33-8-7-9-37(30-33)54-27-25-53(26-28-54)36-19-17-35(18-20-36)52-60-39-21-22-40(42(31-39)62(57,58)46(48,49)50)51-23-29-59-38-10-3-2-4-11-38/h2-4,7-11,13-22,30-31,51-52H,5-6,12,23-29H2,1H3. The Morgan fingerprint density at radius 2 is 1.47 bits per heavy atom. The highest BCUT2D eigenvalue weighted by molar-refractivity contribution is 8.00. The molecule has 2 aliphatic heterocycles. The zero-order valence-corrected chi connectivity index (χ0v) is 37.9. The predicted octanol–water partition coefficient (Wildman–Crippen LogP) is 11.5. The third kappa shape index (κ3) is 9.66. The summed E-state index contributed by atoms with van der Waals surface area (Å²) in [6, 6.07) is 37.9. The van der Waals surface area contributed by atoms with Crippen LogP contribution >= 0.6 is 35.3 Å². The van der Waals surface area contributed by atoms with E-state index in [2.05, 4.69) is 48.7 Å². The molecule has 8 rings (SSSR count). The van der Waals surface area contributed by atoms with Crippen molar-refractivity contribution in [1.82, 2.24) is 4.57 Å². The number of aromatic nitrogens is 1. The van der Waals surface area contributed by atoms with Gasteiger partial charge in [0.1, 0.15) is 4.90 Å². The largest absolute Gasteiger partial charge is 0.501 e. The molecule has 1 fully saturated rings. The molecule has 1 saturated heterocycles. The number of fused-ring (bicyclic) bond motifs is 1. The second-order valence-corrected chi connectivity index (χ2v) is 20.8. The molecule has 1 unspecified atom stereocenters. The Morgan fingerprint density at radius 1 is 0.758 bits per heavy atom. The van der Waals surface area contributed by atoms with Crippen molar-refractivity contribution in [1.29, 1.82) is 0 Å². The number of nitrogens with one attached hydrogen (secondary N) is 2. The van der Waals surface area contributed by atoms with Crippen LogP contribution in [-0.4, -0.2) is 67.4 Å². The summed E-state index contributed by atoms with van der Waals surface area (Å²) in [5.41, 5.74) is 2.70. The van der Waals surface area contributed by atoms with Crippen molar-refractivity contribution in [3.8, 4) is 22.4 Å². The van der Waals surface area contributed by atoms with Gasteiger partial charge in [0, 0.05) is 94.4 Å². The van der Waals surface area contributed by atoms with Crippen LogP contribution in [0.15, 0.2) is 141 Å². The van der Waals surface area contributed by atoms with Gasteiger partial charge in [-0.1, -0.05) is 54.1 Å². The maximum absolute atomic E-state index is 13.8. The Morgan fingerprint density at radius 3 is 2.16 bits per heavy atom. The fraction of sp³-hybridized carbons (Fsp3) is 0.261. The monoisotopic (exact) mass is 935 g/mol. The molecule has 6 aromatic rings. The molecule has 324 valence electrons. The SMILES string of the molecule is CS(=O)c1c(-c2cccc(N3CCN(c4ccc(NSc5ccc(NCCSc6ccccc6)c(S(=O)(=O)C(F)(F)F)c5)cc4)CC3)c2)c(-c2ccc(Cl)cc2)n2c1CCCC2. The first-order chi connectivity index (χ1) is 29.9. The summed E-state index contributed by atoms with van der Waals surface area (Å²) >= 11 is 8.85. The van der Waals surface area contributed by atoms with Gasteiger partial charge in [-0.3, -0.25) is 4.21 Å². The van der Waals surface area contributed by atoms with Crippen LogP contribution in [0.25, 0.3) is 22.4 Å². The summed E-state index contributed by atoms with van der Waals surface area (Å²) in [5.74, 6) is 0.529. The summed E-state index contributed by atoms with van der Waals surface area (Å²) < 4.78 is 85.5. The molecule has 0 saturated carbocycles. The number of sulfone groups is 1. The van der Waals surface area contributed by atoms with Crippen LogP contribution in [0.3, 0.4) is 0 Å². The summed E-state index contributed by atoms with van der Waals surface area (Å²) in [7, 11) is -6.80. The van der Waals surface area contributed by atoms with Gasteiger partial charge in [0.05, 0.1) is 27.1 Å². The normalized spacial score (nSPS) is 15.0. The number of hydrogen-bond donors (Lipinski definition) is 2. The Balaban J connectivity index is 0.920. The number of alkyl halides is 3. The average molecular weight is 937 g/mol. The van der Waals surface area contributed by atoms with Gasteiger partial charge >= 0.3 is 5.51 Å². The molecule has 3 heterocycles. The van der Waals surface area contributed by atoms with E-state index in [0.717, 1.165) is 119 Å². The number of thioether (sulfide) groups is 1. The molecular formula is C46H45ClF3N5O3S4. The number of nitrogens with zero attached hydrogens (tertiary/aromatic N) is 3. The lowest BCUT2D eigenvalue weighted by molar-refractivity contribution is -0.0435. The van der Waals surface area contributed by atoms with Gasteiger partial charge in [-0.05, 0) is 121 Å². The Kier molecular flexibility index (Phi) is 13.5. The van der Waals surface area contributed by atoms with Gasteiger partial charge in [-0.25, -0.2) is 8.42 Å². The number of hydrogen-bond acceptors (Lipinski definition) is 9. The van der Waals surface area contributed by atoms with Crippen molar-refractivity contribution >= 4 is 78.7 Å². The van der Waals surface area contributed by atoms with E-state index in [0.29, 0.717) is 21.4 Å². The van der Waals surface area contributed by atoms with E-state index in [4.69, 9.17) is 11.6 Å². The number of anilines is 4. The molecule has 5 aromatic carbocycles. The molecule has 0 radical (unpaired) electrons. The summed E-state index contributed by atoms with van der Waals surface area (Å²) in [5, 5.41) is 3.57. The minimum Gasteiger partial charge on any atom is -0.383 e. The Labute approximate surface area is 376 Å². The molecule has 8 nitrogen and oxygen atoms in total. The van der Waals surface area contributed by atoms with E-state index in [1.807, 2.05) is 78.9 Å². The predicted molar refractivity (Wildman–Crippen MR) is 251 cm³/mol. The second kappa shape index (κ2) is 19.1. The highest BCUT2D eigenvalue weighted by atomic mass is 35.5. The van der Waals surface area contributed by atoms with Gasteiger partial charge in [0.25, 0.3) is 9.84 Å². The summed E-state index contributed by atoms with van der Waals surface area (Å²) in [4.78, 5) is 6.13. The number of rotatable bonds is 14. The molecule has 0 spiro atoms. The van der Waals surface area contributed by atoms with E-state index < -0.39 is 31.0 Å². The average Bonchev–Trinajstić information content (AvgIpc) is 3.64. The Hall–Kier alpha value is -4.54. The highest BCUT2D eigenvalue weighted by Gasteiger charge is 2.48. The lowest BCUT2D eigenvalue weighted by Crippen LogP contribution is -2.46. The maximum atomic E-state index is 13.8. The third-order valence-electron chi connectivity index (χ3n) is 11.0. The van der Waals surface area contributed by atoms with Gasteiger partial charge in [0.2, 0.25) is 0 Å². The fourth-order valence-corrected chi connectivity index (χ4v) is 11.7. The number of benzene rings is 5. The smallest absolute Gasteiger partial charge is 0.383 e. The highest BCUT2D eigenvalue weighted by Crippen LogP contribution is 2.44. The van der Waals surface area contributed by atoms with Crippen LogP contribution in [-0.2, 0) is 33.6 Å². The van der Waals surface area contributed by atoms with Crippen LogP contribution < -0.4 is 19.8 Å². The number of halogens is 4.